The van der Waals surface area contributed by atoms with Gasteiger partial charge in [-0.2, -0.15) is 0 Å². The van der Waals surface area contributed by atoms with Crippen LogP contribution in [-0.2, 0) is 6.54 Å². The molecule has 0 spiro atoms. The van der Waals surface area contributed by atoms with Crippen molar-refractivity contribution in [3.05, 3.63) is 69.8 Å². The van der Waals surface area contributed by atoms with Crippen LogP contribution in [0.1, 0.15) is 60.9 Å². The minimum Gasteiger partial charge on any atom is -0.477 e. The third-order valence-corrected chi connectivity index (χ3v) is 7.47. The number of aromatic nitrogens is 1. The number of halogens is 1. The Hall–Kier alpha value is -3.39. The van der Waals surface area contributed by atoms with Crippen LogP contribution in [0.4, 0.5) is 15.8 Å². The van der Waals surface area contributed by atoms with E-state index in [1.807, 2.05) is 13.0 Å². The zero-order valence-corrected chi connectivity index (χ0v) is 19.8. The number of hydrogen-bond acceptors (Lipinski definition) is 5. The normalized spacial score (nSPS) is 23.8. The first-order valence-corrected chi connectivity index (χ1v) is 12.3. The smallest absolute Gasteiger partial charge is 0.341 e. The molecule has 35 heavy (non-hydrogen) atoms. The van der Waals surface area contributed by atoms with Gasteiger partial charge in [-0.3, -0.25) is 4.79 Å². The summed E-state index contributed by atoms with van der Waals surface area (Å²) in [6.07, 6.45) is 6.27. The van der Waals surface area contributed by atoms with Crippen LogP contribution in [0.3, 0.4) is 0 Å². The number of carbonyl (C=O) groups is 1. The van der Waals surface area contributed by atoms with Crippen molar-refractivity contribution >= 4 is 28.2 Å². The molecule has 0 amide bonds. The first kappa shape index (κ1) is 23.4. The molecule has 0 radical (unpaired) electrons. The fourth-order valence-corrected chi connectivity index (χ4v) is 5.44. The maximum Gasteiger partial charge on any atom is 0.341 e. The number of pyridine rings is 1. The zero-order chi connectivity index (χ0) is 24.7. The van der Waals surface area contributed by atoms with E-state index < -0.39 is 22.8 Å². The second kappa shape index (κ2) is 9.34. The number of hydrogen-bond donors (Lipinski definition) is 4. The third kappa shape index (κ3) is 4.50. The molecular weight excluding hydrogens is 447 g/mol. The lowest BCUT2D eigenvalue weighted by atomic mass is 9.90. The maximum absolute atomic E-state index is 15.2. The minimum absolute atomic E-state index is 0.0832. The lowest BCUT2D eigenvalue weighted by Crippen LogP contribution is -2.38. The van der Waals surface area contributed by atoms with Crippen LogP contribution in [-0.4, -0.2) is 33.8 Å². The molecule has 5 rings (SSSR count). The Morgan fingerprint density at radius 3 is 2.51 bits per heavy atom. The molecule has 2 aromatic carbocycles. The van der Waals surface area contributed by atoms with Gasteiger partial charge in [0, 0.05) is 36.8 Å². The molecule has 8 heteroatoms. The molecule has 1 heterocycles. The molecule has 3 aromatic rings. The quantitative estimate of drug-likeness (QED) is 0.377. The summed E-state index contributed by atoms with van der Waals surface area (Å²) < 4.78 is 16.8. The van der Waals surface area contributed by atoms with Crippen molar-refractivity contribution in [2.24, 2.45) is 0 Å². The van der Waals surface area contributed by atoms with Gasteiger partial charge in [0.1, 0.15) is 5.56 Å². The highest BCUT2D eigenvalue weighted by molar-refractivity contribution is 5.99. The van der Waals surface area contributed by atoms with Gasteiger partial charge in [0.25, 0.3) is 0 Å². The molecular formula is C27H31FN4O3. The summed E-state index contributed by atoms with van der Waals surface area (Å²) in [6, 6.07) is 13.3. The topological polar surface area (TPSA) is 109 Å². The summed E-state index contributed by atoms with van der Waals surface area (Å²) in [5.74, 6) is -1.46. The highest BCUT2D eigenvalue weighted by Gasteiger charge is 2.39. The molecule has 2 aliphatic carbocycles. The van der Waals surface area contributed by atoms with Crippen molar-refractivity contribution in [1.29, 1.82) is 0 Å². The summed E-state index contributed by atoms with van der Waals surface area (Å²) in [6.45, 7) is 2.25. The Bertz CT molecular complexity index is 1320. The Labute approximate surface area is 203 Å². The molecule has 2 aliphatic rings. The minimum atomic E-state index is -1.35. The molecule has 0 bridgehead atoms. The number of fused-ring (bicyclic) bond motifs is 1. The van der Waals surface area contributed by atoms with Gasteiger partial charge >= 0.3 is 5.97 Å². The second-order valence-corrected chi connectivity index (χ2v) is 9.73. The zero-order valence-electron chi connectivity index (χ0n) is 19.8. The highest BCUT2D eigenvalue weighted by atomic mass is 19.1. The van der Waals surface area contributed by atoms with Gasteiger partial charge in [-0.1, -0.05) is 30.3 Å². The second-order valence-electron chi connectivity index (χ2n) is 9.73. The average Bonchev–Trinajstić information content (AvgIpc) is 3.63. The molecule has 0 aliphatic heterocycles. The number of anilines is 2. The first-order valence-electron chi connectivity index (χ1n) is 12.3. The van der Waals surface area contributed by atoms with Crippen molar-refractivity contribution in [3.8, 4) is 0 Å². The Morgan fingerprint density at radius 1 is 1.17 bits per heavy atom. The van der Waals surface area contributed by atoms with E-state index in [4.69, 9.17) is 5.73 Å². The third-order valence-electron chi connectivity index (χ3n) is 7.47. The van der Waals surface area contributed by atoms with E-state index in [-0.39, 0.29) is 22.8 Å². The number of aryl methyl sites for hydroxylation is 1. The van der Waals surface area contributed by atoms with E-state index in [1.54, 1.807) is 10.6 Å². The number of carboxylic acid groups (broad SMARTS) is 1. The molecule has 1 aromatic heterocycles. The van der Waals surface area contributed by atoms with Crippen LogP contribution in [0, 0.1) is 5.82 Å². The van der Waals surface area contributed by atoms with E-state index in [1.165, 1.54) is 18.2 Å². The SMILES string of the molecule is CCn1cc(C(=O)O)c(=O)c2c(N)c(F)c(N[C@H]3CC[C@@H](N[C@@H]4C[C@H]4c4ccccc4)CC3)cc21. The number of aromatic carboxylic acids is 1. The van der Waals surface area contributed by atoms with Gasteiger partial charge < -0.3 is 26.0 Å². The summed E-state index contributed by atoms with van der Waals surface area (Å²) in [7, 11) is 0. The number of nitrogen functional groups attached to an aromatic ring is 1. The number of benzene rings is 2. The van der Waals surface area contributed by atoms with E-state index in [0.29, 0.717) is 30.1 Å². The van der Waals surface area contributed by atoms with Gasteiger partial charge in [0.2, 0.25) is 5.43 Å². The first-order chi connectivity index (χ1) is 16.9. The number of rotatable bonds is 7. The van der Waals surface area contributed by atoms with Crippen molar-refractivity contribution in [3.63, 3.8) is 0 Å². The maximum atomic E-state index is 15.2. The van der Waals surface area contributed by atoms with Crippen LogP contribution < -0.4 is 21.8 Å². The lowest BCUT2D eigenvalue weighted by molar-refractivity contribution is 0.0695. The molecule has 7 nitrogen and oxygen atoms in total. The van der Waals surface area contributed by atoms with Gasteiger partial charge in [0.15, 0.2) is 5.82 Å². The number of nitrogens with zero attached hydrogens (tertiary/aromatic N) is 1. The van der Waals surface area contributed by atoms with Gasteiger partial charge in [-0.05, 0) is 50.7 Å². The molecule has 184 valence electrons. The fraction of sp³-hybridized carbons (Fsp3) is 0.407. The van der Waals surface area contributed by atoms with E-state index in [9.17, 15) is 14.7 Å². The van der Waals surface area contributed by atoms with Crippen LogP contribution in [0.15, 0.2) is 47.4 Å². The van der Waals surface area contributed by atoms with E-state index in [0.717, 1.165) is 25.7 Å². The molecule has 5 N–H and O–H groups in total. The largest absolute Gasteiger partial charge is 0.477 e. The molecule has 2 fully saturated rings. The Kier molecular flexibility index (Phi) is 6.23. The monoisotopic (exact) mass is 478 g/mol. The van der Waals surface area contributed by atoms with E-state index >= 15 is 4.39 Å². The summed E-state index contributed by atoms with van der Waals surface area (Å²) in [4.78, 5) is 24.2. The van der Waals surface area contributed by atoms with Crippen molar-refractivity contribution in [1.82, 2.24) is 9.88 Å². The van der Waals surface area contributed by atoms with Gasteiger partial charge in [0.05, 0.1) is 22.3 Å². The number of nitrogens with one attached hydrogen (secondary N) is 2. The van der Waals surface area contributed by atoms with Gasteiger partial charge in [-0.25, -0.2) is 9.18 Å². The lowest BCUT2D eigenvalue weighted by Gasteiger charge is -2.31. The summed E-state index contributed by atoms with van der Waals surface area (Å²) in [5.41, 5.74) is 6.62. The molecule has 0 unspecified atom stereocenters. The highest BCUT2D eigenvalue weighted by Crippen LogP contribution is 2.41. The van der Waals surface area contributed by atoms with Crippen LogP contribution in [0.25, 0.3) is 10.9 Å². The molecule has 2 saturated carbocycles. The molecule has 0 saturated heterocycles. The summed E-state index contributed by atoms with van der Waals surface area (Å²) >= 11 is 0. The van der Waals surface area contributed by atoms with Crippen LogP contribution in [0.2, 0.25) is 0 Å². The Balaban J connectivity index is 1.27. The average molecular weight is 479 g/mol. The fourth-order valence-electron chi connectivity index (χ4n) is 5.44. The number of carboxylic acids is 1. The van der Waals surface area contributed by atoms with E-state index in [2.05, 4.69) is 34.9 Å². The van der Waals surface area contributed by atoms with Crippen LogP contribution in [0.5, 0.6) is 0 Å². The predicted molar refractivity (Wildman–Crippen MR) is 136 cm³/mol. The Morgan fingerprint density at radius 2 is 1.86 bits per heavy atom. The molecule has 2 atom stereocenters. The summed E-state index contributed by atoms with van der Waals surface area (Å²) in [5, 5.41) is 16.4. The van der Waals surface area contributed by atoms with Crippen molar-refractivity contribution < 1.29 is 14.3 Å². The van der Waals surface area contributed by atoms with Gasteiger partial charge in [-0.15, -0.1) is 0 Å². The van der Waals surface area contributed by atoms with Crippen molar-refractivity contribution in [2.45, 2.75) is 69.6 Å². The standard InChI is InChI=1S/C27H31FN4O3/c1-2-32-14-19(27(34)35)26(33)23-22(32)13-21(24(28)25(23)29)31-17-10-8-16(9-11-17)30-20-12-18(20)15-6-4-3-5-7-15/h3-7,13-14,16-18,20,30-31H,2,8-12,29H2,1H3,(H,34,35)/t16-,17+,18-,20+/m0/s1. The van der Waals surface area contributed by atoms with Crippen molar-refractivity contribution in [2.75, 3.05) is 11.1 Å². The van der Waals surface area contributed by atoms with Crippen LogP contribution >= 0.6 is 0 Å². The number of nitrogens with two attached hydrogens (primary N) is 1. The predicted octanol–water partition coefficient (Wildman–Crippen LogP) is 4.31.